The monoisotopic (exact) mass is 461 g/mol. The third kappa shape index (κ3) is 3.73. The number of nitrogens with one attached hydrogen (secondary N) is 1. The summed E-state index contributed by atoms with van der Waals surface area (Å²) >= 11 is 5.84. The van der Waals surface area contributed by atoms with Gasteiger partial charge in [0.05, 0.1) is 41.7 Å². The number of halogens is 2. The first kappa shape index (κ1) is 21.2. The highest BCUT2D eigenvalue weighted by Crippen LogP contribution is 2.43. The van der Waals surface area contributed by atoms with E-state index >= 15 is 0 Å². The number of hydrogen-bond donors (Lipinski definition) is 1. The molecule has 32 heavy (non-hydrogen) atoms. The zero-order valence-corrected chi connectivity index (χ0v) is 18.6. The number of fused-ring (bicyclic) bond motifs is 1. The topological polar surface area (TPSA) is 79.7 Å². The number of hydrogen-bond acceptors (Lipinski definition) is 4. The molecule has 0 saturated carbocycles. The fraction of sp³-hybridized carbons (Fsp3) is 0.500. The van der Waals surface area contributed by atoms with Crippen LogP contribution in [0.4, 0.5) is 20.6 Å². The average molecular weight is 462 g/mol. The fourth-order valence-corrected chi connectivity index (χ4v) is 5.09. The average Bonchev–Trinajstić information content (AvgIpc) is 3.30. The van der Waals surface area contributed by atoms with Crippen LogP contribution in [-0.4, -0.2) is 52.4 Å². The number of carbonyl (C=O) groups is 2. The second-order valence-corrected chi connectivity index (χ2v) is 9.37. The van der Waals surface area contributed by atoms with Gasteiger partial charge in [0.2, 0.25) is 5.91 Å². The first-order chi connectivity index (χ1) is 15.3. The van der Waals surface area contributed by atoms with E-state index in [2.05, 4.69) is 10.4 Å². The van der Waals surface area contributed by atoms with Crippen molar-refractivity contribution < 1.29 is 18.7 Å². The molecule has 10 heteroatoms. The lowest BCUT2D eigenvalue weighted by Gasteiger charge is -2.35. The highest BCUT2D eigenvalue weighted by Gasteiger charge is 2.46. The summed E-state index contributed by atoms with van der Waals surface area (Å²) in [6.07, 6.45) is 4.02. The first-order valence-electron chi connectivity index (χ1n) is 10.8. The number of ether oxygens (including phenoxy) is 1. The van der Waals surface area contributed by atoms with Crippen molar-refractivity contribution in [2.24, 2.45) is 5.41 Å². The Morgan fingerprint density at radius 3 is 2.88 bits per heavy atom. The molecule has 1 aromatic carbocycles. The van der Waals surface area contributed by atoms with E-state index in [1.54, 1.807) is 11.1 Å². The van der Waals surface area contributed by atoms with Crippen LogP contribution in [0.3, 0.4) is 0 Å². The van der Waals surface area contributed by atoms with E-state index in [0.717, 1.165) is 24.2 Å². The lowest BCUT2D eigenvalue weighted by Crippen LogP contribution is -2.47. The molecule has 3 aliphatic rings. The van der Waals surface area contributed by atoms with Crippen LogP contribution < -0.4 is 10.2 Å². The molecule has 0 unspecified atom stereocenters. The van der Waals surface area contributed by atoms with Gasteiger partial charge in [-0.25, -0.2) is 9.18 Å². The van der Waals surface area contributed by atoms with Crippen molar-refractivity contribution >= 4 is 34.9 Å². The second kappa shape index (κ2) is 8.04. The third-order valence-electron chi connectivity index (χ3n) is 6.81. The van der Waals surface area contributed by atoms with Crippen LogP contribution in [0.25, 0.3) is 0 Å². The smallest absolute Gasteiger partial charge is 0.322 e. The molecular weight excluding hydrogens is 437 g/mol. The van der Waals surface area contributed by atoms with Crippen LogP contribution in [0.5, 0.6) is 0 Å². The molecule has 170 valence electrons. The Morgan fingerprint density at radius 1 is 1.34 bits per heavy atom. The lowest BCUT2D eigenvalue weighted by molar-refractivity contribution is -0.118. The zero-order valence-electron chi connectivity index (χ0n) is 17.8. The molecule has 2 fully saturated rings. The van der Waals surface area contributed by atoms with Crippen molar-refractivity contribution in [3.05, 3.63) is 40.9 Å². The van der Waals surface area contributed by atoms with Crippen molar-refractivity contribution in [1.29, 1.82) is 0 Å². The van der Waals surface area contributed by atoms with Crippen LogP contribution >= 0.6 is 11.6 Å². The Morgan fingerprint density at radius 2 is 2.12 bits per heavy atom. The number of benzene rings is 1. The minimum atomic E-state index is -0.540. The van der Waals surface area contributed by atoms with E-state index in [1.807, 2.05) is 16.5 Å². The molecule has 8 nitrogen and oxygen atoms in total. The molecule has 2 aromatic rings. The normalized spacial score (nSPS) is 22.3. The highest BCUT2D eigenvalue weighted by atomic mass is 35.5. The predicted octanol–water partition coefficient (Wildman–Crippen LogP) is 3.65. The van der Waals surface area contributed by atoms with E-state index in [1.165, 1.54) is 18.2 Å². The molecular formula is C22H25ClFN5O3. The van der Waals surface area contributed by atoms with Crippen molar-refractivity contribution in [2.75, 3.05) is 30.0 Å². The van der Waals surface area contributed by atoms with Gasteiger partial charge >= 0.3 is 6.03 Å². The van der Waals surface area contributed by atoms with Crippen LogP contribution in [-0.2, 0) is 22.6 Å². The maximum atomic E-state index is 13.4. The number of urea groups is 1. The lowest BCUT2D eigenvalue weighted by atomic mass is 9.79. The Kier molecular flexibility index (Phi) is 5.33. The summed E-state index contributed by atoms with van der Waals surface area (Å²) in [5.74, 6) is -0.444. The summed E-state index contributed by atoms with van der Waals surface area (Å²) in [5, 5.41) is 7.24. The van der Waals surface area contributed by atoms with Gasteiger partial charge in [-0.15, -0.1) is 0 Å². The number of rotatable bonds is 2. The van der Waals surface area contributed by atoms with E-state index in [9.17, 15) is 14.0 Å². The molecule has 0 radical (unpaired) electrons. The molecule has 5 rings (SSSR count). The standard InChI is InChI=1S/C22H25ClFN5O3/c1-14-11-29-19(12-27(14)21(31)26-15-2-3-17(24)16(23)8-15)18(10-25-29)28-13-22(9-20(28)30)4-6-32-7-5-22/h2-3,8,10,14H,4-7,9,11-13H2,1H3,(H,26,31)/t14-/m0/s1. The first-order valence-corrected chi connectivity index (χ1v) is 11.2. The Hall–Kier alpha value is -2.65. The molecule has 3 aliphatic heterocycles. The molecule has 0 bridgehead atoms. The summed E-state index contributed by atoms with van der Waals surface area (Å²) in [6.45, 7) is 4.81. The second-order valence-electron chi connectivity index (χ2n) is 8.96. The number of nitrogens with zero attached hydrogens (tertiary/aromatic N) is 4. The number of anilines is 2. The molecule has 1 spiro atoms. The number of amides is 3. The van der Waals surface area contributed by atoms with Gasteiger partial charge in [-0.1, -0.05) is 11.6 Å². The van der Waals surface area contributed by atoms with Crippen molar-refractivity contribution in [3.63, 3.8) is 0 Å². The summed E-state index contributed by atoms with van der Waals surface area (Å²) < 4.78 is 20.8. The van der Waals surface area contributed by atoms with Gasteiger partial charge < -0.3 is 19.9 Å². The quantitative estimate of drug-likeness (QED) is 0.740. The molecule has 1 N–H and O–H groups in total. The summed E-state index contributed by atoms with van der Waals surface area (Å²) in [5.41, 5.74) is 2.00. The molecule has 1 aromatic heterocycles. The van der Waals surface area contributed by atoms with Crippen LogP contribution in [0, 0.1) is 11.2 Å². The largest absolute Gasteiger partial charge is 0.381 e. The summed E-state index contributed by atoms with van der Waals surface area (Å²) in [4.78, 5) is 29.4. The van der Waals surface area contributed by atoms with E-state index in [0.29, 0.717) is 45.0 Å². The summed E-state index contributed by atoms with van der Waals surface area (Å²) in [6, 6.07) is 3.65. The minimum Gasteiger partial charge on any atom is -0.381 e. The molecule has 3 amide bonds. The van der Waals surface area contributed by atoms with Crippen molar-refractivity contribution in [3.8, 4) is 0 Å². The van der Waals surface area contributed by atoms with Crippen molar-refractivity contribution in [2.45, 2.75) is 45.3 Å². The predicted molar refractivity (Wildman–Crippen MR) is 117 cm³/mol. The van der Waals surface area contributed by atoms with Gasteiger partial charge in [-0.05, 0) is 38.0 Å². The Labute approximate surface area is 190 Å². The molecule has 1 atom stereocenters. The fourth-order valence-electron chi connectivity index (χ4n) is 4.91. The maximum absolute atomic E-state index is 13.4. The van der Waals surface area contributed by atoms with E-state index < -0.39 is 5.82 Å². The Bertz CT molecular complexity index is 1070. The molecule has 2 saturated heterocycles. The number of aromatic nitrogens is 2. The molecule has 4 heterocycles. The minimum absolute atomic E-state index is 0.0367. The molecule has 0 aliphatic carbocycles. The van der Waals surface area contributed by atoms with Gasteiger partial charge in [-0.3, -0.25) is 9.48 Å². The van der Waals surface area contributed by atoms with E-state index in [-0.39, 0.29) is 28.4 Å². The van der Waals surface area contributed by atoms with Crippen LogP contribution in [0.1, 0.15) is 31.9 Å². The van der Waals surface area contributed by atoms with Gasteiger partial charge in [0.1, 0.15) is 5.82 Å². The maximum Gasteiger partial charge on any atom is 0.322 e. The van der Waals surface area contributed by atoms with Gasteiger partial charge in [0.25, 0.3) is 0 Å². The van der Waals surface area contributed by atoms with Crippen molar-refractivity contribution in [1.82, 2.24) is 14.7 Å². The van der Waals surface area contributed by atoms with Crippen LogP contribution in [0.2, 0.25) is 5.02 Å². The third-order valence-corrected chi connectivity index (χ3v) is 7.10. The zero-order chi connectivity index (χ0) is 22.5. The Balaban J connectivity index is 1.35. The van der Waals surface area contributed by atoms with E-state index in [4.69, 9.17) is 16.3 Å². The van der Waals surface area contributed by atoms with Gasteiger partial charge in [0, 0.05) is 37.3 Å². The number of carbonyl (C=O) groups excluding carboxylic acids is 2. The van der Waals surface area contributed by atoms with Gasteiger partial charge in [-0.2, -0.15) is 5.10 Å². The van der Waals surface area contributed by atoms with Gasteiger partial charge in [0.15, 0.2) is 0 Å². The SMILES string of the molecule is C[C@H]1Cn2ncc(N3CC4(CCOCC4)CC3=O)c2CN1C(=O)Nc1ccc(F)c(Cl)c1. The highest BCUT2D eigenvalue weighted by molar-refractivity contribution is 6.31. The van der Waals surface area contributed by atoms with Crippen LogP contribution in [0.15, 0.2) is 24.4 Å². The summed E-state index contributed by atoms with van der Waals surface area (Å²) in [7, 11) is 0.